The molecule has 1 aromatic heterocycles. The summed E-state index contributed by atoms with van der Waals surface area (Å²) in [5, 5.41) is 18.4. The minimum Gasteiger partial charge on any atom is -0.366 e. The highest BCUT2D eigenvalue weighted by Gasteiger charge is 2.22. The fraction of sp³-hybridized carbons (Fsp3) is 0.500. The third-order valence-electron chi connectivity index (χ3n) is 6.34. The molecule has 1 heterocycles. The van der Waals surface area contributed by atoms with Crippen molar-refractivity contribution >= 4 is 33.4 Å². The summed E-state index contributed by atoms with van der Waals surface area (Å²) in [7, 11) is 0. The third-order valence-corrected chi connectivity index (χ3v) is 7.41. The van der Waals surface area contributed by atoms with E-state index in [2.05, 4.69) is 65.9 Å². The molecule has 0 saturated heterocycles. The number of quaternary nitrogens is 1. The van der Waals surface area contributed by atoms with Crippen LogP contribution in [-0.2, 0) is 0 Å². The Bertz CT molecular complexity index is 996. The second kappa shape index (κ2) is 11.0. The van der Waals surface area contributed by atoms with Gasteiger partial charge in [-0.25, -0.2) is 4.85 Å². The minimum atomic E-state index is 0.418. The van der Waals surface area contributed by atoms with Gasteiger partial charge >= 0.3 is 0 Å². The van der Waals surface area contributed by atoms with Crippen LogP contribution in [0.15, 0.2) is 28.4 Å². The van der Waals surface area contributed by atoms with Crippen molar-refractivity contribution in [3.05, 3.63) is 45.6 Å². The zero-order valence-electron chi connectivity index (χ0n) is 19.6. The molecule has 0 aliphatic heterocycles. The summed E-state index contributed by atoms with van der Waals surface area (Å²) in [5.41, 5.74) is 4.12. The molecule has 6 nitrogen and oxygen atoms in total. The maximum atomic E-state index is 9.21. The smallest absolute Gasteiger partial charge is 0.229 e. The predicted molar refractivity (Wildman–Crippen MR) is 130 cm³/mol. The lowest BCUT2D eigenvalue weighted by molar-refractivity contribution is -0.921. The number of hydrogen-bond donors (Lipinski definition) is 0. The van der Waals surface area contributed by atoms with Gasteiger partial charge in [0, 0.05) is 12.2 Å². The number of nitriles is 1. The van der Waals surface area contributed by atoms with Crippen LogP contribution in [-0.4, -0.2) is 43.8 Å². The number of likely N-dealkylation sites (N-methyl/N-ethyl adjacent to an activating group) is 2. The van der Waals surface area contributed by atoms with Crippen molar-refractivity contribution in [2.45, 2.75) is 41.5 Å². The highest BCUT2D eigenvalue weighted by atomic mass is 32.1. The summed E-state index contributed by atoms with van der Waals surface area (Å²) in [6.45, 7) is 26.8. The molecule has 0 saturated carbocycles. The first-order valence-corrected chi connectivity index (χ1v) is 11.7. The Hall–Kier alpha value is -2.74. The van der Waals surface area contributed by atoms with Gasteiger partial charge in [0.25, 0.3) is 0 Å². The Morgan fingerprint density at radius 1 is 1.13 bits per heavy atom. The second-order valence-electron chi connectivity index (χ2n) is 7.70. The molecule has 2 rings (SSSR count). The van der Waals surface area contributed by atoms with Crippen molar-refractivity contribution < 1.29 is 4.48 Å². The summed E-state index contributed by atoms with van der Waals surface area (Å²) < 4.78 is 1.14. The van der Waals surface area contributed by atoms with E-state index in [1.54, 1.807) is 6.92 Å². The fourth-order valence-corrected chi connectivity index (χ4v) is 4.66. The summed E-state index contributed by atoms with van der Waals surface area (Å²) in [6.07, 6.45) is 0. The van der Waals surface area contributed by atoms with Crippen LogP contribution in [0.25, 0.3) is 4.85 Å². The molecule has 7 heteroatoms. The molecule has 0 spiro atoms. The van der Waals surface area contributed by atoms with Crippen molar-refractivity contribution in [2.24, 2.45) is 10.2 Å². The van der Waals surface area contributed by atoms with Crippen LogP contribution in [0.4, 0.5) is 22.1 Å². The van der Waals surface area contributed by atoms with Gasteiger partial charge in [0.05, 0.1) is 49.9 Å². The normalized spacial score (nSPS) is 11.5. The lowest BCUT2D eigenvalue weighted by Crippen LogP contribution is -2.51. The van der Waals surface area contributed by atoms with Crippen molar-refractivity contribution in [1.82, 2.24) is 0 Å². The van der Waals surface area contributed by atoms with E-state index in [0.29, 0.717) is 21.1 Å². The molecule has 0 aliphatic carbocycles. The molecule has 0 N–H and O–H groups in total. The lowest BCUT2D eigenvalue weighted by atomic mass is 10.1. The number of benzene rings is 1. The highest BCUT2D eigenvalue weighted by Crippen LogP contribution is 2.42. The number of azo groups is 1. The van der Waals surface area contributed by atoms with Crippen LogP contribution in [0, 0.1) is 31.8 Å². The van der Waals surface area contributed by atoms with Crippen LogP contribution >= 0.6 is 11.3 Å². The topological polar surface area (TPSA) is 56.1 Å². The highest BCUT2D eigenvalue weighted by molar-refractivity contribution is 7.17. The molecular formula is C24H33N6S+. The summed E-state index contributed by atoms with van der Waals surface area (Å²) in [6, 6.07) is 8.37. The fourth-order valence-electron chi connectivity index (χ4n) is 3.79. The molecule has 0 unspecified atom stereocenters. The molecule has 0 atom stereocenters. The maximum absolute atomic E-state index is 9.21. The standard InChI is InChI=1S/C24H33N6S/c1-8-29(14-15-30(9-2,10-3)11-4)20-12-13-21(18(5)16-20)27-28-24-23(26-7)19(6)22(17-25)31-24/h12-13,16H,8-11,14-15H2,1-6H3/q+1/b28-27+. The van der Waals surface area contributed by atoms with Gasteiger partial charge in [-0.2, -0.15) is 15.5 Å². The third kappa shape index (κ3) is 5.50. The SMILES string of the molecule is [C-]#[N+]c1c(/N=N/c2ccc(N(CC)CC[N+](CC)(CC)CC)cc2C)sc(C#N)c1C. The molecule has 0 radical (unpaired) electrons. The van der Waals surface area contributed by atoms with Gasteiger partial charge in [0.15, 0.2) is 0 Å². The van der Waals surface area contributed by atoms with Gasteiger partial charge in [0.1, 0.15) is 11.1 Å². The molecule has 164 valence electrons. The van der Waals surface area contributed by atoms with E-state index < -0.39 is 0 Å². The average molecular weight is 438 g/mol. The molecule has 31 heavy (non-hydrogen) atoms. The Morgan fingerprint density at radius 3 is 2.32 bits per heavy atom. The number of thiophene rings is 1. The van der Waals surface area contributed by atoms with Crippen molar-refractivity contribution in [1.29, 1.82) is 5.26 Å². The van der Waals surface area contributed by atoms with Crippen LogP contribution in [0.1, 0.15) is 43.7 Å². The largest absolute Gasteiger partial charge is 0.366 e. The second-order valence-corrected chi connectivity index (χ2v) is 8.70. The van der Waals surface area contributed by atoms with Crippen LogP contribution in [0.2, 0.25) is 0 Å². The number of nitrogens with zero attached hydrogens (tertiary/aromatic N) is 6. The zero-order chi connectivity index (χ0) is 23.0. The average Bonchev–Trinajstić information content (AvgIpc) is 3.11. The maximum Gasteiger partial charge on any atom is 0.229 e. The Labute approximate surface area is 190 Å². The quantitative estimate of drug-likeness (QED) is 0.230. The summed E-state index contributed by atoms with van der Waals surface area (Å²) >= 11 is 1.22. The van der Waals surface area contributed by atoms with E-state index >= 15 is 0 Å². The van der Waals surface area contributed by atoms with Crippen LogP contribution in [0.5, 0.6) is 0 Å². The zero-order valence-corrected chi connectivity index (χ0v) is 20.4. The predicted octanol–water partition coefficient (Wildman–Crippen LogP) is 6.91. The first-order chi connectivity index (χ1) is 14.9. The van der Waals surface area contributed by atoms with Gasteiger partial charge in [0.2, 0.25) is 5.69 Å². The molecular weight excluding hydrogens is 404 g/mol. The molecule has 1 aromatic carbocycles. The van der Waals surface area contributed by atoms with Gasteiger partial charge in [-0.3, -0.25) is 0 Å². The molecule has 0 bridgehead atoms. The monoisotopic (exact) mass is 437 g/mol. The molecule has 0 aliphatic rings. The van der Waals surface area contributed by atoms with Gasteiger partial charge < -0.3 is 9.38 Å². The number of hydrogen-bond acceptors (Lipinski definition) is 5. The van der Waals surface area contributed by atoms with Gasteiger partial charge in [-0.05, 0) is 70.9 Å². The van der Waals surface area contributed by atoms with Crippen LogP contribution in [0.3, 0.4) is 0 Å². The Balaban J connectivity index is 2.22. The van der Waals surface area contributed by atoms with Crippen molar-refractivity contribution in [2.75, 3.05) is 44.2 Å². The van der Waals surface area contributed by atoms with Gasteiger partial charge in [-0.15, -0.1) is 11.3 Å². The number of aryl methyl sites for hydroxylation is 1. The Kier molecular flexibility index (Phi) is 8.74. The Morgan fingerprint density at radius 2 is 1.81 bits per heavy atom. The summed E-state index contributed by atoms with van der Waals surface area (Å²) in [4.78, 5) is 6.47. The first-order valence-electron chi connectivity index (χ1n) is 10.9. The van der Waals surface area contributed by atoms with E-state index in [-0.39, 0.29) is 0 Å². The van der Waals surface area contributed by atoms with E-state index in [1.165, 1.54) is 17.0 Å². The van der Waals surface area contributed by atoms with Crippen molar-refractivity contribution in [3.63, 3.8) is 0 Å². The summed E-state index contributed by atoms with van der Waals surface area (Å²) in [5.74, 6) is 0. The van der Waals surface area contributed by atoms with E-state index in [1.807, 2.05) is 13.0 Å². The number of rotatable bonds is 10. The first kappa shape index (κ1) is 24.5. The number of anilines is 1. The van der Waals surface area contributed by atoms with E-state index in [0.717, 1.165) is 55.0 Å². The molecule has 2 aromatic rings. The molecule has 0 fully saturated rings. The minimum absolute atomic E-state index is 0.418. The van der Waals surface area contributed by atoms with Crippen molar-refractivity contribution in [3.8, 4) is 6.07 Å². The van der Waals surface area contributed by atoms with Crippen LogP contribution < -0.4 is 4.90 Å². The lowest BCUT2D eigenvalue weighted by Gasteiger charge is -2.38. The van der Waals surface area contributed by atoms with E-state index in [4.69, 9.17) is 6.57 Å². The van der Waals surface area contributed by atoms with Gasteiger partial charge in [-0.1, -0.05) is 0 Å². The molecule has 0 amide bonds. The van der Waals surface area contributed by atoms with E-state index in [9.17, 15) is 5.26 Å².